The van der Waals surface area contributed by atoms with Crippen LogP contribution in [0.15, 0.2) is 60.8 Å². The monoisotopic (exact) mass is 448 g/mol. The smallest absolute Gasteiger partial charge is 0.0849 e. The van der Waals surface area contributed by atoms with E-state index in [1.54, 1.807) is 5.01 Å². The Bertz CT molecular complexity index is 1050. The minimum absolute atomic E-state index is 0.0741. The van der Waals surface area contributed by atoms with E-state index in [-0.39, 0.29) is 17.0 Å². The van der Waals surface area contributed by atoms with Crippen LogP contribution in [0.1, 0.15) is 58.2 Å². The summed E-state index contributed by atoms with van der Waals surface area (Å²) in [6.45, 7) is 18.2. The van der Waals surface area contributed by atoms with Crippen LogP contribution in [0.5, 0.6) is 0 Å². The van der Waals surface area contributed by atoms with Crippen molar-refractivity contribution in [3.63, 3.8) is 0 Å². The Morgan fingerprint density at radius 2 is 1.61 bits per heavy atom. The predicted octanol–water partition coefficient (Wildman–Crippen LogP) is 4.42. The van der Waals surface area contributed by atoms with Gasteiger partial charge < -0.3 is 15.6 Å². The number of hydrogen-bond acceptors (Lipinski definition) is 6. The number of hydrazine groups is 2. The second kappa shape index (κ2) is 9.21. The van der Waals surface area contributed by atoms with E-state index in [1.165, 1.54) is 0 Å². The Balaban J connectivity index is 2.30. The fourth-order valence-electron chi connectivity index (χ4n) is 4.30. The molecule has 6 nitrogen and oxygen atoms in total. The first-order valence-electron chi connectivity index (χ1n) is 11.6. The summed E-state index contributed by atoms with van der Waals surface area (Å²) in [5, 5.41) is 1.77. The SMILES string of the molecule is C=C(N1Cc2ccccc2/C(N)=C(/N(N)C(C)C)c2ccccc21)C(C)(C)C(C)(C)NNC. The van der Waals surface area contributed by atoms with Crippen LogP contribution in [0.2, 0.25) is 0 Å². The Hall–Kier alpha value is -2.80. The van der Waals surface area contributed by atoms with Gasteiger partial charge in [-0.15, -0.1) is 0 Å². The molecule has 6 N–H and O–H groups in total. The Morgan fingerprint density at radius 3 is 2.21 bits per heavy atom. The van der Waals surface area contributed by atoms with Crippen molar-refractivity contribution in [2.75, 3.05) is 11.9 Å². The molecule has 33 heavy (non-hydrogen) atoms. The molecule has 1 aliphatic rings. The molecule has 0 fully saturated rings. The number of nitrogens with one attached hydrogen (secondary N) is 2. The van der Waals surface area contributed by atoms with Gasteiger partial charge in [-0.3, -0.25) is 10.9 Å². The van der Waals surface area contributed by atoms with Crippen LogP contribution in [0.25, 0.3) is 11.4 Å². The number of rotatable bonds is 7. The van der Waals surface area contributed by atoms with Gasteiger partial charge in [0.05, 0.1) is 17.1 Å². The molecule has 0 spiro atoms. The Kier molecular flexibility index (Phi) is 6.93. The van der Waals surface area contributed by atoms with Gasteiger partial charge in [0.2, 0.25) is 0 Å². The second-order valence-corrected chi connectivity index (χ2v) is 10.1. The van der Waals surface area contributed by atoms with Gasteiger partial charge in [-0.05, 0) is 46.4 Å². The largest absolute Gasteiger partial charge is 0.396 e. The normalized spacial score (nSPS) is 16.7. The van der Waals surface area contributed by atoms with Gasteiger partial charge in [-0.1, -0.05) is 62.9 Å². The van der Waals surface area contributed by atoms with Gasteiger partial charge in [-0.25, -0.2) is 5.84 Å². The summed E-state index contributed by atoms with van der Waals surface area (Å²) in [5.41, 5.74) is 19.5. The lowest BCUT2D eigenvalue weighted by molar-refractivity contribution is 0.174. The third-order valence-electron chi connectivity index (χ3n) is 7.20. The van der Waals surface area contributed by atoms with E-state index in [4.69, 9.17) is 11.6 Å². The average Bonchev–Trinajstić information content (AvgIpc) is 2.76. The highest BCUT2D eigenvalue weighted by atomic mass is 15.4. The number of nitrogens with zero attached hydrogens (tertiary/aromatic N) is 2. The van der Waals surface area contributed by atoms with Crippen LogP contribution < -0.4 is 27.3 Å². The fourth-order valence-corrected chi connectivity index (χ4v) is 4.30. The van der Waals surface area contributed by atoms with Crippen molar-refractivity contribution in [1.29, 1.82) is 0 Å². The lowest BCUT2D eigenvalue weighted by Gasteiger charge is -2.48. The first-order chi connectivity index (χ1) is 15.4. The molecule has 0 unspecified atom stereocenters. The summed E-state index contributed by atoms with van der Waals surface area (Å²) in [4.78, 5) is 2.31. The number of anilines is 1. The quantitative estimate of drug-likeness (QED) is 0.371. The van der Waals surface area contributed by atoms with Gasteiger partial charge >= 0.3 is 0 Å². The molecule has 0 saturated heterocycles. The standard InChI is InChI=1S/C27H40N6/c1-18(2)33(29)25-22-15-11-12-16-23(22)32(17-20-13-9-10-14-21(20)24(25)28)19(3)26(4,5)27(6,7)31-30-8/h9-16,18,30-31H,3,17,28-29H2,1-2,4-8H3/b25-24-. The summed E-state index contributed by atoms with van der Waals surface area (Å²) < 4.78 is 0. The minimum Gasteiger partial charge on any atom is -0.396 e. The molecule has 178 valence electrons. The Morgan fingerprint density at radius 1 is 1.03 bits per heavy atom. The summed E-state index contributed by atoms with van der Waals surface area (Å²) in [6, 6.07) is 16.7. The molecule has 0 atom stereocenters. The molecule has 0 aliphatic carbocycles. The van der Waals surface area contributed by atoms with E-state index in [9.17, 15) is 0 Å². The van der Waals surface area contributed by atoms with E-state index in [2.05, 4.69) is 100 Å². The van der Waals surface area contributed by atoms with Gasteiger partial charge in [0.25, 0.3) is 0 Å². The summed E-state index contributed by atoms with van der Waals surface area (Å²) in [5.74, 6) is 6.63. The molecule has 1 heterocycles. The zero-order chi connectivity index (χ0) is 24.6. The lowest BCUT2D eigenvalue weighted by atomic mass is 9.72. The molecule has 0 aromatic heterocycles. The number of nitrogens with two attached hydrogens (primary N) is 2. The molecule has 0 radical (unpaired) electrons. The maximum absolute atomic E-state index is 6.83. The number of hydrogen-bond donors (Lipinski definition) is 4. The first kappa shape index (κ1) is 24.8. The van der Waals surface area contributed by atoms with E-state index in [0.717, 1.165) is 33.8 Å². The van der Waals surface area contributed by atoms with Crippen molar-refractivity contribution in [1.82, 2.24) is 15.9 Å². The van der Waals surface area contributed by atoms with Gasteiger partial charge in [0.15, 0.2) is 0 Å². The highest BCUT2D eigenvalue weighted by Gasteiger charge is 2.42. The van der Waals surface area contributed by atoms with Crippen LogP contribution in [0.4, 0.5) is 5.69 Å². The van der Waals surface area contributed by atoms with Crippen LogP contribution >= 0.6 is 0 Å². The van der Waals surface area contributed by atoms with Crippen LogP contribution in [0, 0.1) is 5.41 Å². The van der Waals surface area contributed by atoms with Crippen molar-refractivity contribution in [2.45, 2.75) is 59.7 Å². The first-order valence-corrected chi connectivity index (χ1v) is 11.6. The molecular formula is C27H40N6. The molecular weight excluding hydrogens is 408 g/mol. The van der Waals surface area contributed by atoms with Crippen LogP contribution in [-0.2, 0) is 6.54 Å². The van der Waals surface area contributed by atoms with E-state index in [0.29, 0.717) is 12.2 Å². The van der Waals surface area contributed by atoms with Crippen LogP contribution in [0.3, 0.4) is 0 Å². The third kappa shape index (κ3) is 4.38. The predicted molar refractivity (Wildman–Crippen MR) is 140 cm³/mol. The zero-order valence-electron chi connectivity index (χ0n) is 21.2. The van der Waals surface area contributed by atoms with Crippen molar-refractivity contribution >= 4 is 17.1 Å². The molecule has 0 saturated carbocycles. The maximum Gasteiger partial charge on any atom is 0.0849 e. The average molecular weight is 449 g/mol. The molecule has 2 aromatic carbocycles. The van der Waals surface area contributed by atoms with Gasteiger partial charge in [-0.2, -0.15) is 0 Å². The van der Waals surface area contributed by atoms with Gasteiger partial charge in [0.1, 0.15) is 0 Å². The highest BCUT2D eigenvalue weighted by Crippen LogP contribution is 2.44. The van der Waals surface area contributed by atoms with E-state index >= 15 is 0 Å². The lowest BCUT2D eigenvalue weighted by Crippen LogP contribution is -2.58. The van der Waals surface area contributed by atoms with Crippen molar-refractivity contribution in [2.24, 2.45) is 17.0 Å². The number of benzene rings is 2. The number of fused-ring (bicyclic) bond motifs is 2. The molecule has 1 aliphatic heterocycles. The molecule has 0 bridgehead atoms. The van der Waals surface area contributed by atoms with Crippen LogP contribution in [-0.4, -0.2) is 23.6 Å². The topological polar surface area (TPSA) is 82.6 Å². The summed E-state index contributed by atoms with van der Waals surface area (Å²) in [7, 11) is 1.89. The van der Waals surface area contributed by atoms with Gasteiger partial charge in [0, 0.05) is 40.4 Å². The minimum atomic E-state index is -0.298. The molecule has 6 heteroatoms. The molecule has 0 amide bonds. The maximum atomic E-state index is 6.83. The van der Waals surface area contributed by atoms with Crippen molar-refractivity contribution < 1.29 is 0 Å². The number of para-hydroxylation sites is 1. The van der Waals surface area contributed by atoms with Crippen molar-refractivity contribution in [3.05, 3.63) is 77.5 Å². The van der Waals surface area contributed by atoms with E-state index in [1.807, 2.05) is 19.2 Å². The molecule has 3 rings (SSSR count). The molecule has 2 aromatic rings. The summed E-state index contributed by atoms with van der Waals surface area (Å²) >= 11 is 0. The second-order valence-electron chi connectivity index (χ2n) is 10.1. The highest BCUT2D eigenvalue weighted by molar-refractivity contribution is 5.94. The zero-order valence-corrected chi connectivity index (χ0v) is 21.2. The van der Waals surface area contributed by atoms with Crippen molar-refractivity contribution in [3.8, 4) is 0 Å². The fraction of sp³-hybridized carbons (Fsp3) is 0.407. The Labute approximate surface area is 199 Å². The third-order valence-corrected chi connectivity index (χ3v) is 7.20. The summed E-state index contributed by atoms with van der Waals surface area (Å²) in [6.07, 6.45) is 0. The van der Waals surface area contributed by atoms with E-state index < -0.39 is 0 Å².